The number of carbonyl (C=O) groups excluding carboxylic acids is 1. The Morgan fingerprint density at radius 2 is 1.87 bits per heavy atom. The molecule has 4 unspecified atom stereocenters. The van der Waals surface area contributed by atoms with Crippen LogP contribution in [0.5, 0.6) is 0 Å². The quantitative estimate of drug-likeness (QED) is 0.525. The number of nitrogens with two attached hydrogens (primary N) is 1. The lowest BCUT2D eigenvalue weighted by molar-refractivity contribution is -0.678. The molecule has 4 rings (SSSR count). The monoisotopic (exact) mass is 437 g/mol. The van der Waals surface area contributed by atoms with E-state index in [0.29, 0.717) is 23.4 Å². The molecule has 30 heavy (non-hydrogen) atoms. The highest BCUT2D eigenvalue weighted by Gasteiger charge is 2.48. The van der Waals surface area contributed by atoms with Gasteiger partial charge in [-0.2, -0.15) is 5.26 Å². The van der Waals surface area contributed by atoms with E-state index in [0.717, 1.165) is 70.7 Å². The molecule has 2 heterocycles. The highest BCUT2D eigenvalue weighted by atomic mass is 35.5. The van der Waals surface area contributed by atoms with Crippen LogP contribution in [0.1, 0.15) is 57.8 Å². The van der Waals surface area contributed by atoms with Crippen LogP contribution in [0.4, 0.5) is 0 Å². The molecule has 2 saturated carbocycles. The van der Waals surface area contributed by atoms with E-state index >= 15 is 0 Å². The Kier molecular flexibility index (Phi) is 7.57. The Morgan fingerprint density at radius 1 is 1.10 bits per heavy atom. The first-order chi connectivity index (χ1) is 14.6. The molecule has 7 heteroatoms. The second-order valence-corrected chi connectivity index (χ2v) is 10.7. The molecule has 2 aliphatic heterocycles. The second kappa shape index (κ2) is 10.2. The van der Waals surface area contributed by atoms with E-state index in [1.54, 1.807) is 0 Å². The Hall–Kier alpha value is -0.870. The molecular formula is C23H38ClN4O2+. The van der Waals surface area contributed by atoms with Gasteiger partial charge < -0.3 is 10.1 Å². The minimum absolute atomic E-state index is 0.0895. The fraction of sp³-hybridized carbons (Fsp3) is 0.913. The summed E-state index contributed by atoms with van der Waals surface area (Å²) < 4.78 is 5.19. The maximum absolute atomic E-state index is 12.6. The number of quaternary nitrogens is 1. The Balaban J connectivity index is 1.40. The van der Waals surface area contributed by atoms with E-state index < -0.39 is 0 Å². The van der Waals surface area contributed by atoms with Crippen molar-refractivity contribution >= 4 is 17.6 Å². The summed E-state index contributed by atoms with van der Waals surface area (Å²) in [7, 11) is 1.51. The molecule has 6 nitrogen and oxygen atoms in total. The summed E-state index contributed by atoms with van der Waals surface area (Å²) in [5.41, 5.74) is 0. The molecule has 4 fully saturated rings. The average Bonchev–Trinajstić information content (AvgIpc) is 3.16. The van der Waals surface area contributed by atoms with Crippen molar-refractivity contribution in [3.63, 3.8) is 0 Å². The summed E-state index contributed by atoms with van der Waals surface area (Å²) >= 11 is 6.31. The second-order valence-electron chi connectivity index (χ2n) is 10.1. The van der Waals surface area contributed by atoms with Gasteiger partial charge >= 0.3 is 5.97 Å². The van der Waals surface area contributed by atoms with Crippen LogP contribution >= 0.6 is 11.6 Å². The SMILES string of the molecule is COC(=O)[C@H]1CC2[NH2+]CN(CC3CCC(Cl)CC3)C2CN1CC1CCCC(C#N)C1. The van der Waals surface area contributed by atoms with Crippen molar-refractivity contribution in [2.75, 3.05) is 33.4 Å². The average molecular weight is 438 g/mol. The minimum atomic E-state index is -0.137. The number of hydrogen-bond donors (Lipinski definition) is 1. The summed E-state index contributed by atoms with van der Waals surface area (Å²) in [5, 5.41) is 12.2. The van der Waals surface area contributed by atoms with E-state index in [2.05, 4.69) is 21.2 Å². The third-order valence-corrected chi connectivity index (χ3v) is 8.60. The third-order valence-electron chi connectivity index (χ3n) is 8.16. The molecule has 2 N–H and O–H groups in total. The molecule has 2 saturated heterocycles. The van der Waals surface area contributed by atoms with Crippen LogP contribution in [0.2, 0.25) is 0 Å². The maximum atomic E-state index is 12.6. The number of nitriles is 1. The zero-order valence-corrected chi connectivity index (χ0v) is 19.1. The van der Waals surface area contributed by atoms with Crippen LogP contribution in [-0.2, 0) is 9.53 Å². The molecule has 0 aromatic carbocycles. The molecule has 2 aliphatic carbocycles. The summed E-state index contributed by atoms with van der Waals surface area (Å²) in [6.07, 6.45) is 9.98. The number of nitrogens with zero attached hydrogens (tertiary/aromatic N) is 3. The van der Waals surface area contributed by atoms with Gasteiger partial charge in [0.05, 0.1) is 19.2 Å². The van der Waals surface area contributed by atoms with Gasteiger partial charge in [0.2, 0.25) is 0 Å². The Bertz CT molecular complexity index is 633. The van der Waals surface area contributed by atoms with Crippen molar-refractivity contribution in [1.29, 1.82) is 5.26 Å². The first-order valence-electron chi connectivity index (χ1n) is 12.0. The smallest absolute Gasteiger partial charge is 0.323 e. The van der Waals surface area contributed by atoms with Crippen molar-refractivity contribution in [2.24, 2.45) is 17.8 Å². The van der Waals surface area contributed by atoms with Gasteiger partial charge in [-0.1, -0.05) is 6.42 Å². The first kappa shape index (κ1) is 22.3. The third kappa shape index (κ3) is 5.12. The van der Waals surface area contributed by atoms with Gasteiger partial charge in [-0.3, -0.25) is 9.69 Å². The molecule has 0 bridgehead atoms. The van der Waals surface area contributed by atoms with Crippen molar-refractivity contribution in [3.05, 3.63) is 0 Å². The predicted molar refractivity (Wildman–Crippen MR) is 116 cm³/mol. The number of rotatable bonds is 5. The maximum Gasteiger partial charge on any atom is 0.323 e. The number of ether oxygens (including phenoxy) is 1. The van der Waals surface area contributed by atoms with Crippen LogP contribution in [0.3, 0.4) is 0 Å². The fourth-order valence-corrected chi connectivity index (χ4v) is 6.70. The summed E-state index contributed by atoms with van der Waals surface area (Å²) in [5.74, 6) is 1.37. The van der Waals surface area contributed by atoms with Gasteiger partial charge in [-0.05, 0) is 56.8 Å². The van der Waals surface area contributed by atoms with Gasteiger partial charge in [-0.25, -0.2) is 4.90 Å². The lowest BCUT2D eigenvalue weighted by Gasteiger charge is -2.42. The Morgan fingerprint density at radius 3 is 2.60 bits per heavy atom. The lowest BCUT2D eigenvalue weighted by atomic mass is 9.81. The largest absolute Gasteiger partial charge is 0.468 e. The van der Waals surface area contributed by atoms with E-state index in [4.69, 9.17) is 16.3 Å². The lowest BCUT2D eigenvalue weighted by Crippen LogP contribution is -2.89. The Labute approximate surface area is 186 Å². The number of alkyl halides is 1. The number of fused-ring (bicyclic) bond motifs is 1. The van der Waals surface area contributed by atoms with Crippen LogP contribution in [0.25, 0.3) is 0 Å². The van der Waals surface area contributed by atoms with Crippen molar-refractivity contribution < 1.29 is 14.8 Å². The number of methoxy groups -OCH3 is 1. The summed E-state index contributed by atoms with van der Waals surface area (Å²) in [6.45, 7) is 4.07. The molecule has 0 aromatic rings. The molecule has 5 atom stereocenters. The van der Waals surface area contributed by atoms with Crippen molar-refractivity contribution in [2.45, 2.75) is 81.3 Å². The van der Waals surface area contributed by atoms with Crippen LogP contribution < -0.4 is 5.32 Å². The summed E-state index contributed by atoms with van der Waals surface area (Å²) in [6, 6.07) is 3.33. The van der Waals surface area contributed by atoms with E-state index in [1.807, 2.05) is 0 Å². The molecule has 4 aliphatic rings. The van der Waals surface area contributed by atoms with Crippen molar-refractivity contribution in [1.82, 2.24) is 9.80 Å². The molecule has 168 valence electrons. The molecule has 0 amide bonds. The van der Waals surface area contributed by atoms with Gasteiger partial charge in [0.15, 0.2) is 0 Å². The highest BCUT2D eigenvalue weighted by Crippen LogP contribution is 2.33. The van der Waals surface area contributed by atoms with Crippen LogP contribution in [0.15, 0.2) is 0 Å². The van der Waals surface area contributed by atoms with Gasteiger partial charge in [0.25, 0.3) is 0 Å². The number of halogens is 1. The number of esters is 1. The number of piperidine rings is 1. The van der Waals surface area contributed by atoms with Crippen LogP contribution in [-0.4, -0.2) is 72.7 Å². The van der Waals surface area contributed by atoms with E-state index in [9.17, 15) is 10.1 Å². The topological polar surface area (TPSA) is 73.2 Å². The van der Waals surface area contributed by atoms with Crippen LogP contribution in [0, 0.1) is 29.1 Å². The molecule has 0 aromatic heterocycles. The van der Waals surface area contributed by atoms with Crippen molar-refractivity contribution in [3.8, 4) is 6.07 Å². The van der Waals surface area contributed by atoms with E-state index in [1.165, 1.54) is 26.4 Å². The normalized spacial score (nSPS) is 40.5. The molecule has 0 radical (unpaired) electrons. The van der Waals surface area contributed by atoms with Gasteiger partial charge in [0, 0.05) is 37.4 Å². The van der Waals surface area contributed by atoms with Gasteiger partial charge in [-0.15, -0.1) is 11.6 Å². The molecular weight excluding hydrogens is 400 g/mol. The number of likely N-dealkylation sites (tertiary alicyclic amines) is 1. The fourth-order valence-electron chi connectivity index (χ4n) is 6.45. The van der Waals surface area contributed by atoms with E-state index in [-0.39, 0.29) is 17.9 Å². The number of hydrogen-bond acceptors (Lipinski definition) is 5. The predicted octanol–water partition coefficient (Wildman–Crippen LogP) is 1.93. The highest BCUT2D eigenvalue weighted by molar-refractivity contribution is 6.20. The minimum Gasteiger partial charge on any atom is -0.468 e. The number of carbonyl (C=O) groups is 1. The van der Waals surface area contributed by atoms with Gasteiger partial charge in [0.1, 0.15) is 18.8 Å². The standard InChI is InChI=1S/C23H37ClN4O2/c1-30-23(29)21-10-20-22(14-27(21)13-18-4-2-3-17(9-18)11-25)28(15-26-20)12-16-5-7-19(24)8-6-16/h16-22,26H,2-10,12-15H2,1H3/p+1/t16?,17?,18?,19?,20?,21-,22?/m1/s1. The zero-order chi connectivity index (χ0) is 21.1. The summed E-state index contributed by atoms with van der Waals surface area (Å²) in [4.78, 5) is 17.7. The first-order valence-corrected chi connectivity index (χ1v) is 12.4. The molecule has 0 spiro atoms. The zero-order valence-electron chi connectivity index (χ0n) is 18.3.